The van der Waals surface area contributed by atoms with E-state index in [1.807, 2.05) is 0 Å². The molecule has 1 rings (SSSR count). The largest absolute Gasteiger partial charge is 0.103 e. The van der Waals surface area contributed by atoms with E-state index in [2.05, 4.69) is 12.7 Å². The molecule has 1 heteroatoms. The topological polar surface area (TPSA) is 0 Å². The summed E-state index contributed by atoms with van der Waals surface area (Å²) in [6, 6.07) is 0. The summed E-state index contributed by atoms with van der Waals surface area (Å²) in [7, 11) is 1.31. The molecule has 1 aliphatic rings. The fourth-order valence-electron chi connectivity index (χ4n) is 2.04. The molecule has 0 bridgehead atoms. The minimum Gasteiger partial charge on any atom is -0.103 e. The smallest absolute Gasteiger partial charge is 0.0115 e. The number of hydrogen-bond acceptors (Lipinski definition) is 0. The highest BCUT2D eigenvalue weighted by Crippen LogP contribution is 2.30. The van der Waals surface area contributed by atoms with Gasteiger partial charge >= 0.3 is 0 Å². The lowest BCUT2D eigenvalue weighted by molar-refractivity contribution is 0.341. The van der Waals surface area contributed by atoms with Crippen LogP contribution in [0.25, 0.3) is 0 Å². The zero-order chi connectivity index (χ0) is 8.10. The molecule has 0 heterocycles. The molecule has 0 aromatic heterocycles. The SMILES string of the molecule is C=CC([SiH3])CC1CCCCC1. The van der Waals surface area contributed by atoms with Crippen LogP contribution in [0.15, 0.2) is 12.7 Å². The van der Waals surface area contributed by atoms with E-state index in [4.69, 9.17) is 0 Å². The Kier molecular flexibility index (Phi) is 3.91. The third kappa shape index (κ3) is 3.24. The number of rotatable bonds is 3. The van der Waals surface area contributed by atoms with Crippen molar-refractivity contribution in [3.63, 3.8) is 0 Å². The van der Waals surface area contributed by atoms with E-state index in [0.717, 1.165) is 11.5 Å². The average molecular weight is 168 g/mol. The molecular formula is C10H20Si. The van der Waals surface area contributed by atoms with Gasteiger partial charge in [-0.15, -0.1) is 6.58 Å². The van der Waals surface area contributed by atoms with Gasteiger partial charge in [-0.1, -0.05) is 38.2 Å². The van der Waals surface area contributed by atoms with Crippen LogP contribution in [-0.2, 0) is 0 Å². The van der Waals surface area contributed by atoms with Crippen LogP contribution in [-0.4, -0.2) is 10.2 Å². The third-order valence-corrected chi connectivity index (χ3v) is 3.78. The zero-order valence-electron chi connectivity index (χ0n) is 7.68. The lowest BCUT2D eigenvalue weighted by atomic mass is 9.86. The maximum Gasteiger partial charge on any atom is 0.0115 e. The Labute approximate surface area is 73.5 Å². The van der Waals surface area contributed by atoms with Crippen LogP contribution < -0.4 is 0 Å². The molecule has 0 spiro atoms. The van der Waals surface area contributed by atoms with Gasteiger partial charge in [-0.05, 0) is 17.9 Å². The lowest BCUT2D eigenvalue weighted by Gasteiger charge is -2.23. The summed E-state index contributed by atoms with van der Waals surface area (Å²) in [6.07, 6.45) is 11.0. The number of hydrogen-bond donors (Lipinski definition) is 0. The van der Waals surface area contributed by atoms with Crippen LogP contribution >= 0.6 is 0 Å². The van der Waals surface area contributed by atoms with Gasteiger partial charge in [0.15, 0.2) is 0 Å². The highest BCUT2D eigenvalue weighted by Gasteiger charge is 2.14. The summed E-state index contributed by atoms with van der Waals surface area (Å²) in [5, 5.41) is 0. The maximum absolute atomic E-state index is 3.86. The van der Waals surface area contributed by atoms with Crippen LogP contribution in [0.4, 0.5) is 0 Å². The standard InChI is InChI=1S/C10H20Si/c1-2-10(11)8-9-6-4-3-5-7-9/h2,9-10H,1,3-8H2,11H3. The highest BCUT2D eigenvalue weighted by molar-refractivity contribution is 6.12. The van der Waals surface area contributed by atoms with Crippen LogP contribution in [0.2, 0.25) is 5.54 Å². The van der Waals surface area contributed by atoms with Crippen molar-refractivity contribution < 1.29 is 0 Å². The fraction of sp³-hybridized carbons (Fsp3) is 0.800. The molecule has 0 N–H and O–H groups in total. The molecule has 0 radical (unpaired) electrons. The van der Waals surface area contributed by atoms with Crippen molar-refractivity contribution >= 4 is 10.2 Å². The lowest BCUT2D eigenvalue weighted by Crippen LogP contribution is -2.08. The minimum absolute atomic E-state index is 0.873. The first-order valence-electron chi connectivity index (χ1n) is 4.95. The molecule has 1 aliphatic carbocycles. The molecule has 1 saturated carbocycles. The van der Waals surface area contributed by atoms with Gasteiger partial charge in [-0.2, -0.15) is 0 Å². The van der Waals surface area contributed by atoms with Crippen molar-refractivity contribution in [2.24, 2.45) is 5.92 Å². The summed E-state index contributed by atoms with van der Waals surface area (Å²) >= 11 is 0. The van der Waals surface area contributed by atoms with Gasteiger partial charge in [0, 0.05) is 10.2 Å². The van der Waals surface area contributed by atoms with Gasteiger partial charge in [0.2, 0.25) is 0 Å². The van der Waals surface area contributed by atoms with Crippen LogP contribution in [0.5, 0.6) is 0 Å². The second-order valence-electron chi connectivity index (χ2n) is 3.95. The Balaban J connectivity index is 2.18. The van der Waals surface area contributed by atoms with E-state index in [-0.39, 0.29) is 0 Å². The molecule has 64 valence electrons. The summed E-state index contributed by atoms with van der Waals surface area (Å²) in [5.41, 5.74) is 0.873. The van der Waals surface area contributed by atoms with Gasteiger partial charge < -0.3 is 0 Å². The molecule has 11 heavy (non-hydrogen) atoms. The molecule has 0 nitrogen and oxygen atoms in total. The molecule has 1 fully saturated rings. The van der Waals surface area contributed by atoms with Crippen molar-refractivity contribution in [1.82, 2.24) is 0 Å². The Hall–Kier alpha value is -0.0431. The predicted octanol–water partition coefficient (Wildman–Crippen LogP) is 2.30. The third-order valence-electron chi connectivity index (χ3n) is 2.83. The van der Waals surface area contributed by atoms with Crippen LogP contribution in [0.1, 0.15) is 38.5 Å². The van der Waals surface area contributed by atoms with Crippen molar-refractivity contribution in [2.75, 3.05) is 0 Å². The summed E-state index contributed by atoms with van der Waals surface area (Å²) in [4.78, 5) is 0. The highest BCUT2D eigenvalue weighted by atomic mass is 28.1. The van der Waals surface area contributed by atoms with Crippen molar-refractivity contribution in [3.05, 3.63) is 12.7 Å². The second-order valence-corrected chi connectivity index (χ2v) is 5.44. The summed E-state index contributed by atoms with van der Waals surface area (Å²) < 4.78 is 0. The predicted molar refractivity (Wildman–Crippen MR) is 55.1 cm³/mol. The summed E-state index contributed by atoms with van der Waals surface area (Å²) in [5.74, 6) is 1.05. The summed E-state index contributed by atoms with van der Waals surface area (Å²) in [6.45, 7) is 3.86. The molecular weight excluding hydrogens is 148 g/mol. The van der Waals surface area contributed by atoms with Gasteiger partial charge in [-0.25, -0.2) is 0 Å². The van der Waals surface area contributed by atoms with Crippen molar-refractivity contribution in [2.45, 2.75) is 44.1 Å². The quantitative estimate of drug-likeness (QED) is 0.448. The van der Waals surface area contributed by atoms with Crippen LogP contribution in [0.3, 0.4) is 0 Å². The van der Waals surface area contributed by atoms with E-state index in [9.17, 15) is 0 Å². The van der Waals surface area contributed by atoms with Gasteiger partial charge in [-0.3, -0.25) is 0 Å². The molecule has 0 aromatic rings. The normalized spacial score (nSPS) is 23.3. The molecule has 1 unspecified atom stereocenters. The Bertz CT molecular complexity index is 114. The van der Waals surface area contributed by atoms with Crippen LogP contribution in [0, 0.1) is 5.92 Å². The maximum atomic E-state index is 3.86. The first-order valence-corrected chi connectivity index (χ1v) is 6.11. The fourth-order valence-corrected chi connectivity index (χ4v) is 2.71. The molecule has 1 atom stereocenters. The van der Waals surface area contributed by atoms with Crippen molar-refractivity contribution in [3.8, 4) is 0 Å². The first kappa shape index (κ1) is 9.05. The number of allylic oxidation sites excluding steroid dienone is 1. The molecule has 0 saturated heterocycles. The van der Waals surface area contributed by atoms with E-state index in [0.29, 0.717) is 0 Å². The van der Waals surface area contributed by atoms with Gasteiger partial charge in [0.25, 0.3) is 0 Å². The zero-order valence-corrected chi connectivity index (χ0v) is 9.68. The Morgan fingerprint density at radius 1 is 1.36 bits per heavy atom. The Morgan fingerprint density at radius 2 is 2.00 bits per heavy atom. The Morgan fingerprint density at radius 3 is 2.55 bits per heavy atom. The van der Waals surface area contributed by atoms with Crippen molar-refractivity contribution in [1.29, 1.82) is 0 Å². The minimum atomic E-state index is 0.873. The van der Waals surface area contributed by atoms with E-state index >= 15 is 0 Å². The van der Waals surface area contributed by atoms with E-state index < -0.39 is 0 Å². The van der Waals surface area contributed by atoms with E-state index in [1.165, 1.54) is 48.8 Å². The van der Waals surface area contributed by atoms with E-state index in [1.54, 1.807) is 0 Å². The van der Waals surface area contributed by atoms with Gasteiger partial charge in [0.05, 0.1) is 0 Å². The average Bonchev–Trinajstić information content (AvgIpc) is 2.06. The molecule has 0 aromatic carbocycles. The second kappa shape index (κ2) is 4.76. The molecule has 0 aliphatic heterocycles. The molecule has 0 amide bonds. The monoisotopic (exact) mass is 168 g/mol. The van der Waals surface area contributed by atoms with Gasteiger partial charge in [0.1, 0.15) is 0 Å². The first-order chi connectivity index (χ1) is 5.33.